The summed E-state index contributed by atoms with van der Waals surface area (Å²) in [5.74, 6) is 1.28. The fourth-order valence-corrected chi connectivity index (χ4v) is 5.65. The minimum Gasteiger partial charge on any atom is -0.497 e. The lowest BCUT2D eigenvalue weighted by molar-refractivity contribution is -0.132. The van der Waals surface area contributed by atoms with Crippen LogP contribution < -0.4 is 15.0 Å². The number of amides is 1. The maximum absolute atomic E-state index is 13.4. The van der Waals surface area contributed by atoms with Crippen molar-refractivity contribution < 1.29 is 14.3 Å². The molecule has 1 aliphatic heterocycles. The molecule has 8 heteroatoms. The summed E-state index contributed by atoms with van der Waals surface area (Å²) >= 11 is 1.44. The summed E-state index contributed by atoms with van der Waals surface area (Å²) < 4.78 is 12.3. The number of rotatable bonds is 6. The van der Waals surface area contributed by atoms with Crippen LogP contribution in [0.15, 0.2) is 59.0 Å². The van der Waals surface area contributed by atoms with Crippen molar-refractivity contribution in [2.24, 2.45) is 0 Å². The number of likely N-dealkylation sites (tertiary alicyclic amines) is 1. The number of hydrogen-bond donors (Lipinski definition) is 0. The van der Waals surface area contributed by atoms with Gasteiger partial charge in [-0.1, -0.05) is 29.8 Å². The third-order valence-electron chi connectivity index (χ3n) is 6.60. The fraction of sp³-hybridized carbons (Fsp3) is 0.296. The first-order valence-electron chi connectivity index (χ1n) is 11.5. The summed E-state index contributed by atoms with van der Waals surface area (Å²) in [6.45, 7) is 2.61. The van der Waals surface area contributed by atoms with E-state index < -0.39 is 0 Å². The molecule has 2 aromatic heterocycles. The van der Waals surface area contributed by atoms with Crippen LogP contribution in [-0.2, 0) is 11.3 Å². The van der Waals surface area contributed by atoms with Gasteiger partial charge in [0, 0.05) is 29.1 Å². The summed E-state index contributed by atoms with van der Waals surface area (Å²) in [6.07, 6.45) is 3.21. The quantitative estimate of drug-likeness (QED) is 0.388. The van der Waals surface area contributed by atoms with E-state index in [1.165, 1.54) is 22.2 Å². The zero-order chi connectivity index (χ0) is 24.5. The van der Waals surface area contributed by atoms with Gasteiger partial charge in [-0.3, -0.25) is 14.2 Å². The van der Waals surface area contributed by atoms with E-state index in [2.05, 4.69) is 4.98 Å². The highest BCUT2D eigenvalue weighted by molar-refractivity contribution is 7.17. The van der Waals surface area contributed by atoms with Crippen LogP contribution >= 0.6 is 11.3 Å². The highest BCUT2D eigenvalue weighted by Gasteiger charge is 2.32. The monoisotopic (exact) mass is 489 g/mol. The molecule has 0 spiro atoms. The van der Waals surface area contributed by atoms with Crippen molar-refractivity contribution in [2.75, 3.05) is 20.8 Å². The molecule has 180 valence electrons. The van der Waals surface area contributed by atoms with Crippen molar-refractivity contribution in [1.29, 1.82) is 0 Å². The number of ether oxygens (including phenoxy) is 2. The lowest BCUT2D eigenvalue weighted by Crippen LogP contribution is -2.36. The van der Waals surface area contributed by atoms with Crippen molar-refractivity contribution in [1.82, 2.24) is 14.5 Å². The van der Waals surface area contributed by atoms with Crippen LogP contribution in [0.25, 0.3) is 21.3 Å². The van der Waals surface area contributed by atoms with Gasteiger partial charge in [-0.05, 0) is 37.5 Å². The van der Waals surface area contributed by atoms with E-state index in [0.717, 1.165) is 35.1 Å². The Bertz CT molecular complexity index is 1440. The Balaban J connectivity index is 1.45. The zero-order valence-electron chi connectivity index (χ0n) is 20.0. The normalized spacial score (nSPS) is 15.5. The third-order valence-corrected chi connectivity index (χ3v) is 7.49. The first-order chi connectivity index (χ1) is 17.0. The van der Waals surface area contributed by atoms with Gasteiger partial charge in [0.2, 0.25) is 5.91 Å². The molecule has 35 heavy (non-hydrogen) atoms. The summed E-state index contributed by atoms with van der Waals surface area (Å²) in [4.78, 5) is 33.9. The summed E-state index contributed by atoms with van der Waals surface area (Å²) in [5.41, 5.74) is 3.72. The maximum atomic E-state index is 13.4. The number of aromatic nitrogens is 2. The minimum atomic E-state index is -0.196. The average molecular weight is 490 g/mol. The number of carbonyl (C=O) groups is 1. The molecule has 7 nitrogen and oxygen atoms in total. The van der Waals surface area contributed by atoms with Crippen LogP contribution in [0.1, 0.15) is 30.0 Å². The number of fused-ring (bicyclic) bond motifs is 1. The van der Waals surface area contributed by atoms with Crippen LogP contribution in [0.5, 0.6) is 11.5 Å². The smallest absolute Gasteiger partial charge is 0.263 e. The molecule has 4 aromatic rings. The minimum absolute atomic E-state index is 0.0556. The van der Waals surface area contributed by atoms with Crippen molar-refractivity contribution in [3.8, 4) is 22.6 Å². The van der Waals surface area contributed by atoms with Crippen molar-refractivity contribution in [3.05, 3.63) is 75.7 Å². The number of hydrogen-bond acceptors (Lipinski definition) is 6. The van der Waals surface area contributed by atoms with E-state index in [0.29, 0.717) is 28.3 Å². The lowest BCUT2D eigenvalue weighted by atomic mass is 10.0. The average Bonchev–Trinajstić information content (AvgIpc) is 3.54. The Morgan fingerprint density at radius 1 is 1.14 bits per heavy atom. The standard InChI is InChI=1S/C27H27N3O4S/c1-17-6-8-18(9-7-17)21-15-35-26-25(21)27(32)29(16-28-26)14-24(31)30-12-4-5-22(30)20-11-10-19(33-2)13-23(20)34-3/h6-11,13,15-16,22H,4-5,12,14H2,1-3H3/t22-/m1/s1. The zero-order valence-corrected chi connectivity index (χ0v) is 20.8. The molecular formula is C27H27N3O4S. The van der Waals surface area contributed by atoms with Gasteiger partial charge in [-0.2, -0.15) is 0 Å². The van der Waals surface area contributed by atoms with Crippen LogP contribution in [0.3, 0.4) is 0 Å². The van der Waals surface area contributed by atoms with E-state index in [1.807, 2.05) is 59.7 Å². The molecule has 0 radical (unpaired) electrons. The first-order valence-corrected chi connectivity index (χ1v) is 12.4. The highest BCUT2D eigenvalue weighted by Crippen LogP contribution is 2.39. The van der Waals surface area contributed by atoms with Gasteiger partial charge >= 0.3 is 0 Å². The Morgan fingerprint density at radius 3 is 2.69 bits per heavy atom. The Labute approximate surface area is 207 Å². The molecule has 0 saturated carbocycles. The Morgan fingerprint density at radius 2 is 1.94 bits per heavy atom. The predicted molar refractivity (Wildman–Crippen MR) is 137 cm³/mol. The number of methoxy groups -OCH3 is 2. The first kappa shape index (κ1) is 23.1. The van der Waals surface area contributed by atoms with Gasteiger partial charge < -0.3 is 14.4 Å². The Kier molecular flexibility index (Phi) is 6.30. The molecule has 1 fully saturated rings. The molecule has 5 rings (SSSR count). The summed E-state index contributed by atoms with van der Waals surface area (Å²) in [7, 11) is 3.23. The molecule has 3 heterocycles. The number of thiophene rings is 1. The molecule has 0 N–H and O–H groups in total. The van der Waals surface area contributed by atoms with Gasteiger partial charge in [0.1, 0.15) is 22.9 Å². The maximum Gasteiger partial charge on any atom is 0.263 e. The topological polar surface area (TPSA) is 73.7 Å². The molecule has 0 aliphatic carbocycles. The molecule has 2 aromatic carbocycles. The predicted octanol–water partition coefficient (Wildman–Crippen LogP) is 4.81. The number of nitrogens with zero attached hydrogens (tertiary/aromatic N) is 3. The molecule has 0 unspecified atom stereocenters. The van der Waals surface area contributed by atoms with Gasteiger partial charge in [-0.25, -0.2) is 4.98 Å². The van der Waals surface area contributed by atoms with Crippen LogP contribution in [0.4, 0.5) is 0 Å². The van der Waals surface area contributed by atoms with Crippen molar-refractivity contribution >= 4 is 27.5 Å². The second kappa shape index (κ2) is 9.54. The van der Waals surface area contributed by atoms with Crippen molar-refractivity contribution in [2.45, 2.75) is 32.4 Å². The third kappa shape index (κ3) is 4.30. The molecule has 1 saturated heterocycles. The van der Waals surface area contributed by atoms with E-state index in [-0.39, 0.29) is 24.1 Å². The van der Waals surface area contributed by atoms with E-state index in [1.54, 1.807) is 14.2 Å². The SMILES string of the molecule is COc1ccc([C@H]2CCCN2C(=O)Cn2cnc3scc(-c4ccc(C)cc4)c3c2=O)c(OC)c1. The second-order valence-corrected chi connectivity index (χ2v) is 9.58. The van der Waals surface area contributed by atoms with Crippen LogP contribution in [-0.4, -0.2) is 41.1 Å². The van der Waals surface area contributed by atoms with Crippen LogP contribution in [0, 0.1) is 6.92 Å². The molecule has 0 bridgehead atoms. The summed E-state index contributed by atoms with van der Waals surface area (Å²) in [6, 6.07) is 13.6. The van der Waals surface area contributed by atoms with Crippen LogP contribution in [0.2, 0.25) is 0 Å². The fourth-order valence-electron chi connectivity index (χ4n) is 4.74. The van der Waals surface area contributed by atoms with Gasteiger partial charge in [0.15, 0.2) is 0 Å². The van der Waals surface area contributed by atoms with E-state index >= 15 is 0 Å². The Hall–Kier alpha value is -3.65. The number of carbonyl (C=O) groups excluding carboxylic acids is 1. The number of benzene rings is 2. The van der Waals surface area contributed by atoms with Gasteiger partial charge in [-0.15, -0.1) is 11.3 Å². The van der Waals surface area contributed by atoms with Crippen molar-refractivity contribution in [3.63, 3.8) is 0 Å². The molecule has 1 amide bonds. The summed E-state index contributed by atoms with van der Waals surface area (Å²) in [5, 5.41) is 2.52. The molecular weight excluding hydrogens is 462 g/mol. The van der Waals surface area contributed by atoms with E-state index in [9.17, 15) is 9.59 Å². The molecule has 1 atom stereocenters. The van der Waals surface area contributed by atoms with Gasteiger partial charge in [0.25, 0.3) is 5.56 Å². The molecule has 1 aliphatic rings. The van der Waals surface area contributed by atoms with Gasteiger partial charge in [0.05, 0.1) is 32.0 Å². The highest BCUT2D eigenvalue weighted by atomic mass is 32.1. The number of aryl methyl sites for hydroxylation is 1. The largest absolute Gasteiger partial charge is 0.497 e. The van der Waals surface area contributed by atoms with E-state index in [4.69, 9.17) is 9.47 Å². The second-order valence-electron chi connectivity index (χ2n) is 8.73. The lowest BCUT2D eigenvalue weighted by Gasteiger charge is -2.27.